The number of carbonyl (C=O) groups excluding carboxylic acids is 1. The third-order valence-electron chi connectivity index (χ3n) is 4.08. The Labute approximate surface area is 133 Å². The monoisotopic (exact) mass is 296 g/mol. The van der Waals surface area contributed by atoms with Gasteiger partial charge in [-0.25, -0.2) is 0 Å². The minimum Gasteiger partial charge on any atom is -0.489 e. The van der Waals surface area contributed by atoms with Gasteiger partial charge in [0, 0.05) is 5.92 Å². The van der Waals surface area contributed by atoms with Crippen molar-refractivity contribution in [2.24, 2.45) is 5.92 Å². The molecule has 0 heterocycles. The molecule has 2 rings (SSSR count). The highest BCUT2D eigenvalue weighted by Crippen LogP contribution is 2.27. The maximum absolute atomic E-state index is 11.4. The first-order valence-electron chi connectivity index (χ1n) is 7.83. The zero-order valence-corrected chi connectivity index (χ0v) is 13.6. The van der Waals surface area contributed by atoms with Crippen LogP contribution in [0.2, 0.25) is 0 Å². The summed E-state index contributed by atoms with van der Waals surface area (Å²) in [5, 5.41) is 0. The van der Waals surface area contributed by atoms with E-state index in [0.717, 1.165) is 17.7 Å². The molecule has 2 unspecified atom stereocenters. The minimum absolute atomic E-state index is 0.101. The largest absolute Gasteiger partial charge is 0.489 e. The Morgan fingerprint density at radius 1 is 1.05 bits per heavy atom. The summed E-state index contributed by atoms with van der Waals surface area (Å²) in [5.74, 6) is 1.58. The molecule has 0 radical (unpaired) electrons. The van der Waals surface area contributed by atoms with Crippen LogP contribution in [0.1, 0.15) is 44.2 Å². The van der Waals surface area contributed by atoms with Crippen molar-refractivity contribution < 1.29 is 9.53 Å². The molecule has 0 aliphatic carbocycles. The number of ketones is 1. The third kappa shape index (κ3) is 4.73. The standard InChI is InChI=1S/C20H24O2/c1-15(17(3)21)12-16(2)19-10-7-11-20(13-19)22-14-18-8-5-4-6-9-18/h4-11,13,15-16H,12,14H2,1-3H3. The number of hydrogen-bond donors (Lipinski definition) is 0. The second-order valence-corrected chi connectivity index (χ2v) is 6.00. The molecule has 0 amide bonds. The van der Waals surface area contributed by atoms with Crippen LogP contribution in [0.25, 0.3) is 0 Å². The molecule has 2 aromatic rings. The molecule has 0 fully saturated rings. The predicted molar refractivity (Wildman–Crippen MR) is 90.1 cm³/mol. The first kappa shape index (κ1) is 16.3. The smallest absolute Gasteiger partial charge is 0.132 e. The molecule has 0 aromatic heterocycles. The summed E-state index contributed by atoms with van der Waals surface area (Å²) < 4.78 is 5.87. The Morgan fingerprint density at radius 2 is 1.77 bits per heavy atom. The van der Waals surface area contributed by atoms with Crippen molar-refractivity contribution >= 4 is 5.78 Å². The number of hydrogen-bond acceptors (Lipinski definition) is 2. The van der Waals surface area contributed by atoms with Gasteiger partial charge in [-0.3, -0.25) is 4.79 Å². The van der Waals surface area contributed by atoms with Crippen LogP contribution < -0.4 is 4.74 Å². The lowest BCUT2D eigenvalue weighted by atomic mass is 9.89. The number of Topliss-reactive ketones (excluding diaryl/α,β-unsaturated/α-hetero) is 1. The normalized spacial score (nSPS) is 13.4. The van der Waals surface area contributed by atoms with E-state index in [1.54, 1.807) is 6.92 Å². The van der Waals surface area contributed by atoms with Crippen LogP contribution in [-0.2, 0) is 11.4 Å². The van der Waals surface area contributed by atoms with Crippen LogP contribution in [0, 0.1) is 5.92 Å². The van der Waals surface area contributed by atoms with Gasteiger partial charge in [0.1, 0.15) is 18.1 Å². The van der Waals surface area contributed by atoms with Gasteiger partial charge in [-0.1, -0.05) is 56.3 Å². The van der Waals surface area contributed by atoms with E-state index in [4.69, 9.17) is 4.74 Å². The Kier molecular flexibility index (Phi) is 5.76. The summed E-state index contributed by atoms with van der Waals surface area (Å²) in [5.41, 5.74) is 2.38. The molecule has 0 saturated heterocycles. The predicted octanol–water partition coefficient (Wildman–Crippen LogP) is 4.98. The van der Waals surface area contributed by atoms with Gasteiger partial charge in [-0.15, -0.1) is 0 Å². The van der Waals surface area contributed by atoms with Crippen molar-refractivity contribution in [2.45, 2.75) is 39.7 Å². The van der Waals surface area contributed by atoms with E-state index in [1.807, 2.05) is 37.3 Å². The Morgan fingerprint density at radius 3 is 2.45 bits per heavy atom. The number of rotatable bonds is 7. The fraction of sp³-hybridized carbons (Fsp3) is 0.350. The van der Waals surface area contributed by atoms with Crippen molar-refractivity contribution in [3.8, 4) is 5.75 Å². The van der Waals surface area contributed by atoms with E-state index in [9.17, 15) is 4.79 Å². The van der Waals surface area contributed by atoms with E-state index >= 15 is 0 Å². The van der Waals surface area contributed by atoms with Crippen LogP contribution in [0.15, 0.2) is 54.6 Å². The first-order chi connectivity index (χ1) is 10.6. The van der Waals surface area contributed by atoms with Gasteiger partial charge in [0.05, 0.1) is 0 Å². The van der Waals surface area contributed by atoms with Crippen molar-refractivity contribution in [1.82, 2.24) is 0 Å². The van der Waals surface area contributed by atoms with Gasteiger partial charge >= 0.3 is 0 Å². The number of carbonyl (C=O) groups is 1. The maximum atomic E-state index is 11.4. The fourth-order valence-corrected chi connectivity index (χ4v) is 2.48. The van der Waals surface area contributed by atoms with Crippen LogP contribution in [0.4, 0.5) is 0 Å². The third-order valence-corrected chi connectivity index (χ3v) is 4.08. The summed E-state index contributed by atoms with van der Waals surface area (Å²) in [4.78, 5) is 11.4. The Balaban J connectivity index is 1.98. The van der Waals surface area contributed by atoms with Crippen molar-refractivity contribution in [2.75, 3.05) is 0 Å². The number of benzene rings is 2. The van der Waals surface area contributed by atoms with E-state index < -0.39 is 0 Å². The zero-order chi connectivity index (χ0) is 15.9. The molecular formula is C20H24O2. The van der Waals surface area contributed by atoms with Crippen LogP contribution >= 0.6 is 0 Å². The van der Waals surface area contributed by atoms with Crippen molar-refractivity contribution in [3.63, 3.8) is 0 Å². The van der Waals surface area contributed by atoms with Crippen LogP contribution in [0.5, 0.6) is 5.75 Å². The molecule has 2 aromatic carbocycles. The van der Waals surface area contributed by atoms with Crippen molar-refractivity contribution in [3.05, 3.63) is 65.7 Å². The summed E-state index contributed by atoms with van der Waals surface area (Å²) >= 11 is 0. The topological polar surface area (TPSA) is 26.3 Å². The number of ether oxygens (including phenoxy) is 1. The Hall–Kier alpha value is -2.09. The molecular weight excluding hydrogens is 272 g/mol. The highest BCUT2D eigenvalue weighted by molar-refractivity contribution is 5.77. The van der Waals surface area contributed by atoms with E-state index in [1.165, 1.54) is 5.56 Å². The zero-order valence-electron chi connectivity index (χ0n) is 13.6. The minimum atomic E-state index is 0.101. The molecule has 0 N–H and O–H groups in total. The van der Waals surface area contributed by atoms with Gasteiger partial charge in [-0.2, -0.15) is 0 Å². The molecule has 2 heteroatoms. The van der Waals surface area contributed by atoms with Gasteiger partial charge in [0.25, 0.3) is 0 Å². The second kappa shape index (κ2) is 7.79. The Bertz CT molecular complexity index is 604. The highest BCUT2D eigenvalue weighted by atomic mass is 16.5. The highest BCUT2D eigenvalue weighted by Gasteiger charge is 2.14. The summed E-state index contributed by atoms with van der Waals surface area (Å²) in [6, 6.07) is 18.3. The van der Waals surface area contributed by atoms with Gasteiger partial charge in [-0.05, 0) is 42.5 Å². The molecule has 0 aliphatic heterocycles. The SMILES string of the molecule is CC(=O)C(C)CC(C)c1cccc(OCc2ccccc2)c1. The van der Waals surface area contributed by atoms with Crippen LogP contribution in [0.3, 0.4) is 0 Å². The molecule has 2 nitrogen and oxygen atoms in total. The average Bonchev–Trinajstić information content (AvgIpc) is 2.54. The fourth-order valence-electron chi connectivity index (χ4n) is 2.48. The molecule has 22 heavy (non-hydrogen) atoms. The van der Waals surface area contributed by atoms with E-state index in [-0.39, 0.29) is 11.7 Å². The molecule has 0 bridgehead atoms. The van der Waals surface area contributed by atoms with Crippen LogP contribution in [-0.4, -0.2) is 5.78 Å². The lowest BCUT2D eigenvalue weighted by Gasteiger charge is -2.16. The maximum Gasteiger partial charge on any atom is 0.132 e. The summed E-state index contributed by atoms with van der Waals surface area (Å²) in [6.07, 6.45) is 0.872. The van der Waals surface area contributed by atoms with Crippen molar-refractivity contribution in [1.29, 1.82) is 0 Å². The summed E-state index contributed by atoms with van der Waals surface area (Å²) in [7, 11) is 0. The first-order valence-corrected chi connectivity index (χ1v) is 7.83. The van der Waals surface area contributed by atoms with Gasteiger partial charge in [0.2, 0.25) is 0 Å². The lowest BCUT2D eigenvalue weighted by molar-refractivity contribution is -0.120. The van der Waals surface area contributed by atoms with Gasteiger partial charge < -0.3 is 4.74 Å². The average molecular weight is 296 g/mol. The molecule has 2 atom stereocenters. The summed E-state index contributed by atoms with van der Waals surface area (Å²) in [6.45, 7) is 6.39. The molecule has 116 valence electrons. The lowest BCUT2D eigenvalue weighted by Crippen LogP contribution is -2.10. The second-order valence-electron chi connectivity index (χ2n) is 6.00. The van der Waals surface area contributed by atoms with E-state index in [2.05, 4.69) is 31.2 Å². The van der Waals surface area contributed by atoms with E-state index in [0.29, 0.717) is 12.5 Å². The molecule has 0 spiro atoms. The molecule has 0 saturated carbocycles. The molecule has 0 aliphatic rings. The quantitative estimate of drug-likeness (QED) is 0.720. The van der Waals surface area contributed by atoms with Gasteiger partial charge in [0.15, 0.2) is 0 Å².